The van der Waals surface area contributed by atoms with Crippen molar-refractivity contribution in [2.45, 2.75) is 32.2 Å². The van der Waals surface area contributed by atoms with E-state index in [2.05, 4.69) is 26.4 Å². The molecule has 3 aromatic rings. The van der Waals surface area contributed by atoms with Gasteiger partial charge in [0.2, 0.25) is 0 Å². The third-order valence-electron chi connectivity index (χ3n) is 4.21. The van der Waals surface area contributed by atoms with Gasteiger partial charge in [0.05, 0.1) is 17.3 Å². The summed E-state index contributed by atoms with van der Waals surface area (Å²) in [6.45, 7) is 3.46. The molecule has 0 fully saturated rings. The lowest BCUT2D eigenvalue weighted by atomic mass is 10.0. The summed E-state index contributed by atoms with van der Waals surface area (Å²) in [5.74, 6) is 2.19. The summed E-state index contributed by atoms with van der Waals surface area (Å²) in [6, 6.07) is 9.09. The molecule has 1 amide bonds. The van der Waals surface area contributed by atoms with E-state index < -0.39 is 5.54 Å². The van der Waals surface area contributed by atoms with Crippen LogP contribution in [-0.4, -0.2) is 32.4 Å². The van der Waals surface area contributed by atoms with Crippen LogP contribution in [0.4, 0.5) is 0 Å². The average Bonchev–Trinajstić information content (AvgIpc) is 3.11. The minimum absolute atomic E-state index is 0.0465. The van der Waals surface area contributed by atoms with Gasteiger partial charge >= 0.3 is 0 Å². The minimum Gasteiger partial charge on any atom is -0.335 e. The van der Waals surface area contributed by atoms with Crippen molar-refractivity contribution in [3.63, 3.8) is 0 Å². The second-order valence-corrected chi connectivity index (χ2v) is 6.91. The van der Waals surface area contributed by atoms with Crippen LogP contribution in [0.15, 0.2) is 42.7 Å². The van der Waals surface area contributed by atoms with E-state index in [9.17, 15) is 9.59 Å². The SMILES string of the molecule is C#CC(C)(C)NC(=O)c1cc(CC(=O)Cc2cccc3[nH]ncc23)ccn1. The summed E-state index contributed by atoms with van der Waals surface area (Å²) in [6.07, 6.45) is 9.16. The molecule has 1 aromatic carbocycles. The van der Waals surface area contributed by atoms with E-state index in [4.69, 9.17) is 6.42 Å². The van der Waals surface area contributed by atoms with Crippen molar-refractivity contribution in [2.24, 2.45) is 0 Å². The van der Waals surface area contributed by atoms with Gasteiger partial charge in [-0.1, -0.05) is 18.1 Å². The van der Waals surface area contributed by atoms with Crippen molar-refractivity contribution in [1.29, 1.82) is 0 Å². The van der Waals surface area contributed by atoms with Crippen LogP contribution in [0.5, 0.6) is 0 Å². The van der Waals surface area contributed by atoms with E-state index in [0.29, 0.717) is 6.42 Å². The Balaban J connectivity index is 1.71. The maximum Gasteiger partial charge on any atom is 0.271 e. The lowest BCUT2D eigenvalue weighted by Crippen LogP contribution is -2.42. The number of nitrogens with one attached hydrogen (secondary N) is 2. The highest BCUT2D eigenvalue weighted by Gasteiger charge is 2.19. The normalized spacial score (nSPS) is 11.1. The van der Waals surface area contributed by atoms with Crippen LogP contribution in [-0.2, 0) is 17.6 Å². The zero-order chi connectivity index (χ0) is 19.4. The van der Waals surface area contributed by atoms with E-state index in [0.717, 1.165) is 22.0 Å². The van der Waals surface area contributed by atoms with Crippen LogP contribution < -0.4 is 5.32 Å². The second kappa shape index (κ2) is 7.42. The number of carbonyl (C=O) groups excluding carboxylic acids is 2. The zero-order valence-corrected chi connectivity index (χ0v) is 15.2. The number of nitrogens with zero attached hydrogens (tertiary/aromatic N) is 2. The molecule has 0 saturated heterocycles. The highest BCUT2D eigenvalue weighted by Crippen LogP contribution is 2.17. The summed E-state index contributed by atoms with van der Waals surface area (Å²) < 4.78 is 0. The van der Waals surface area contributed by atoms with Gasteiger partial charge in [0.1, 0.15) is 11.5 Å². The number of carbonyl (C=O) groups is 2. The van der Waals surface area contributed by atoms with E-state index in [1.807, 2.05) is 18.2 Å². The number of terminal acetylenes is 1. The Morgan fingerprint density at radius 3 is 2.85 bits per heavy atom. The number of pyridine rings is 1. The Morgan fingerprint density at radius 1 is 1.26 bits per heavy atom. The Bertz CT molecular complexity index is 1040. The number of benzene rings is 1. The Hall–Kier alpha value is -3.46. The number of hydrogen-bond acceptors (Lipinski definition) is 4. The predicted molar refractivity (Wildman–Crippen MR) is 103 cm³/mol. The first kappa shape index (κ1) is 18.3. The lowest BCUT2D eigenvalue weighted by molar-refractivity contribution is -0.117. The van der Waals surface area contributed by atoms with Crippen molar-refractivity contribution < 1.29 is 9.59 Å². The van der Waals surface area contributed by atoms with Crippen LogP contribution in [0.3, 0.4) is 0 Å². The Labute approximate surface area is 157 Å². The number of hydrogen-bond donors (Lipinski definition) is 2. The zero-order valence-electron chi connectivity index (χ0n) is 15.2. The number of aromatic nitrogens is 3. The Kier molecular flexibility index (Phi) is 5.04. The Morgan fingerprint density at radius 2 is 2.07 bits per heavy atom. The largest absolute Gasteiger partial charge is 0.335 e. The van der Waals surface area contributed by atoms with E-state index >= 15 is 0 Å². The number of fused-ring (bicyclic) bond motifs is 1. The molecule has 0 aliphatic rings. The molecular weight excluding hydrogens is 340 g/mol. The minimum atomic E-state index is -0.770. The van der Waals surface area contributed by atoms with Gasteiger partial charge in [0.15, 0.2) is 0 Å². The van der Waals surface area contributed by atoms with Gasteiger partial charge in [-0.25, -0.2) is 0 Å². The maximum atomic E-state index is 12.5. The molecule has 27 heavy (non-hydrogen) atoms. The molecule has 0 unspecified atom stereocenters. The van der Waals surface area contributed by atoms with Crippen LogP contribution in [0.1, 0.15) is 35.5 Å². The molecule has 0 spiro atoms. The monoisotopic (exact) mass is 360 g/mol. The van der Waals surface area contributed by atoms with Crippen LogP contribution in [0.2, 0.25) is 0 Å². The molecule has 2 heterocycles. The van der Waals surface area contributed by atoms with Crippen molar-refractivity contribution >= 4 is 22.6 Å². The quantitative estimate of drug-likeness (QED) is 0.661. The number of amides is 1. The highest BCUT2D eigenvalue weighted by molar-refractivity contribution is 5.94. The molecular formula is C21H20N4O2. The first-order valence-electron chi connectivity index (χ1n) is 8.56. The van der Waals surface area contributed by atoms with Crippen LogP contribution >= 0.6 is 0 Å². The van der Waals surface area contributed by atoms with E-state index in [1.165, 1.54) is 6.20 Å². The molecule has 0 aliphatic carbocycles. The molecule has 0 bridgehead atoms. The molecule has 0 radical (unpaired) electrons. The third-order valence-corrected chi connectivity index (χ3v) is 4.21. The van der Waals surface area contributed by atoms with E-state index in [-0.39, 0.29) is 23.8 Å². The van der Waals surface area contributed by atoms with Gasteiger partial charge in [0.25, 0.3) is 5.91 Å². The average molecular weight is 360 g/mol. The standard InChI is InChI=1S/C21H20N4O2/c1-4-21(2,3)24-20(27)19-11-14(8-9-22-19)10-16(26)12-15-6-5-7-18-17(15)13-23-25-18/h1,5-9,11,13H,10,12H2,2-3H3,(H,23,25)(H,24,27). The first-order valence-corrected chi connectivity index (χ1v) is 8.56. The number of aromatic amines is 1. The number of H-pyrrole nitrogens is 1. The van der Waals surface area contributed by atoms with Gasteiger partial charge in [-0.3, -0.25) is 19.7 Å². The molecule has 3 rings (SSSR count). The van der Waals surface area contributed by atoms with Crippen molar-refractivity contribution in [3.8, 4) is 12.3 Å². The molecule has 0 saturated carbocycles. The first-order chi connectivity index (χ1) is 12.9. The highest BCUT2D eigenvalue weighted by atomic mass is 16.2. The predicted octanol–water partition coefficient (Wildman–Crippen LogP) is 2.45. The molecule has 136 valence electrons. The molecule has 6 heteroatoms. The van der Waals surface area contributed by atoms with Crippen LogP contribution in [0, 0.1) is 12.3 Å². The number of rotatable bonds is 6. The van der Waals surface area contributed by atoms with Gasteiger partial charge in [-0.15, -0.1) is 6.42 Å². The summed E-state index contributed by atoms with van der Waals surface area (Å²) in [7, 11) is 0. The van der Waals surface area contributed by atoms with Gasteiger partial charge < -0.3 is 5.32 Å². The molecule has 0 atom stereocenters. The summed E-state index contributed by atoms with van der Waals surface area (Å²) >= 11 is 0. The molecule has 6 nitrogen and oxygen atoms in total. The van der Waals surface area contributed by atoms with Crippen LogP contribution in [0.25, 0.3) is 10.9 Å². The van der Waals surface area contributed by atoms with Gasteiger partial charge in [-0.2, -0.15) is 5.10 Å². The number of ketones is 1. The fourth-order valence-corrected chi connectivity index (χ4v) is 2.78. The number of Topliss-reactive ketones (excluding diaryl/α,β-unsaturated/α-hetero) is 1. The molecule has 2 aromatic heterocycles. The van der Waals surface area contributed by atoms with Gasteiger partial charge in [-0.05, 0) is 43.2 Å². The summed E-state index contributed by atoms with van der Waals surface area (Å²) in [5.41, 5.74) is 2.03. The van der Waals surface area contributed by atoms with E-state index in [1.54, 1.807) is 32.2 Å². The molecule has 2 N–H and O–H groups in total. The third kappa shape index (κ3) is 4.39. The second-order valence-electron chi connectivity index (χ2n) is 6.91. The molecule has 0 aliphatic heterocycles. The topological polar surface area (TPSA) is 87.7 Å². The smallest absolute Gasteiger partial charge is 0.271 e. The fourth-order valence-electron chi connectivity index (χ4n) is 2.78. The fraction of sp³-hybridized carbons (Fsp3) is 0.238. The maximum absolute atomic E-state index is 12.5. The lowest BCUT2D eigenvalue weighted by Gasteiger charge is -2.19. The van der Waals surface area contributed by atoms with Crippen molar-refractivity contribution in [2.75, 3.05) is 0 Å². The van der Waals surface area contributed by atoms with Crippen molar-refractivity contribution in [1.82, 2.24) is 20.5 Å². The summed E-state index contributed by atoms with van der Waals surface area (Å²) in [4.78, 5) is 28.9. The summed E-state index contributed by atoms with van der Waals surface area (Å²) in [5, 5.41) is 10.6. The van der Waals surface area contributed by atoms with Gasteiger partial charge in [0, 0.05) is 24.4 Å². The van der Waals surface area contributed by atoms with Crippen molar-refractivity contribution in [3.05, 3.63) is 59.5 Å².